The summed E-state index contributed by atoms with van der Waals surface area (Å²) in [4.78, 5) is 33.4. The summed E-state index contributed by atoms with van der Waals surface area (Å²) in [6.07, 6.45) is 10.3. The van der Waals surface area contributed by atoms with Crippen LogP contribution in [0.3, 0.4) is 0 Å². The summed E-state index contributed by atoms with van der Waals surface area (Å²) in [5.41, 5.74) is 1.33. The van der Waals surface area contributed by atoms with Gasteiger partial charge in [-0.25, -0.2) is 12.8 Å². The standard InChI is InChI=1S/C28H27FN4O5S/c1-38-24-18-20(31-39(36,37)25-10-4-6-19-7-5-13-30-26(19)25)11-12-22(24)28(35)33-16-14-32(15-17-33)27(34)21-8-2-3-9-23(21)29/h2-13,18,25-26,31H,14-17H2,1H3. The lowest BCUT2D eigenvalue weighted by molar-refractivity contribution is 0.0531. The molecule has 2 heterocycles. The van der Waals surface area contributed by atoms with Gasteiger partial charge in [-0.3, -0.25) is 19.3 Å². The second kappa shape index (κ2) is 10.9. The fourth-order valence-corrected chi connectivity index (χ4v) is 6.27. The highest BCUT2D eigenvalue weighted by Crippen LogP contribution is 2.30. The molecule has 2 aliphatic heterocycles. The van der Waals surface area contributed by atoms with Crippen LogP contribution in [0.25, 0.3) is 0 Å². The molecule has 1 N–H and O–H groups in total. The number of carbonyl (C=O) groups excluding carboxylic acids is 2. The molecule has 11 heteroatoms. The molecule has 1 fully saturated rings. The number of benzene rings is 2. The van der Waals surface area contributed by atoms with Crippen molar-refractivity contribution >= 4 is 33.7 Å². The van der Waals surface area contributed by atoms with E-state index in [1.165, 1.54) is 48.4 Å². The number of carbonyl (C=O) groups is 2. The minimum atomic E-state index is -3.87. The number of dihydropyridines is 1. The maximum absolute atomic E-state index is 14.0. The Morgan fingerprint density at radius 1 is 1.00 bits per heavy atom. The van der Waals surface area contributed by atoms with Crippen molar-refractivity contribution in [3.8, 4) is 5.75 Å². The highest BCUT2D eigenvalue weighted by molar-refractivity contribution is 7.93. The molecule has 5 rings (SSSR count). The molecular formula is C28H27FN4O5S. The van der Waals surface area contributed by atoms with Gasteiger partial charge in [0.05, 0.1) is 30.0 Å². The first-order valence-corrected chi connectivity index (χ1v) is 13.9. The quantitative estimate of drug-likeness (QED) is 0.595. The number of anilines is 1. The highest BCUT2D eigenvalue weighted by Gasteiger charge is 2.35. The molecule has 39 heavy (non-hydrogen) atoms. The van der Waals surface area contributed by atoms with Gasteiger partial charge in [0.1, 0.15) is 16.8 Å². The Labute approximate surface area is 226 Å². The molecule has 1 saturated heterocycles. The topological polar surface area (TPSA) is 108 Å². The Balaban J connectivity index is 1.26. The van der Waals surface area contributed by atoms with Crippen molar-refractivity contribution in [1.82, 2.24) is 9.80 Å². The van der Waals surface area contributed by atoms with Crippen LogP contribution in [0.2, 0.25) is 0 Å². The Kier molecular flexibility index (Phi) is 7.34. The lowest BCUT2D eigenvalue weighted by Gasteiger charge is -2.35. The number of ether oxygens (including phenoxy) is 1. The molecule has 1 aliphatic carbocycles. The maximum Gasteiger partial charge on any atom is 0.257 e. The largest absolute Gasteiger partial charge is 0.496 e. The number of hydrogen-bond acceptors (Lipinski definition) is 6. The van der Waals surface area contributed by atoms with Crippen molar-refractivity contribution in [2.75, 3.05) is 38.0 Å². The number of rotatable bonds is 6. The first-order valence-electron chi connectivity index (χ1n) is 12.4. The van der Waals surface area contributed by atoms with Crippen LogP contribution in [0.15, 0.2) is 83.4 Å². The van der Waals surface area contributed by atoms with Crippen molar-refractivity contribution in [2.24, 2.45) is 4.99 Å². The maximum atomic E-state index is 14.0. The van der Waals surface area contributed by atoms with Crippen molar-refractivity contribution in [1.29, 1.82) is 0 Å². The van der Waals surface area contributed by atoms with Gasteiger partial charge in [0.2, 0.25) is 10.0 Å². The molecule has 9 nitrogen and oxygen atoms in total. The van der Waals surface area contributed by atoms with Gasteiger partial charge in [0.15, 0.2) is 0 Å². The third-order valence-corrected chi connectivity index (χ3v) is 8.52. The smallest absolute Gasteiger partial charge is 0.257 e. The summed E-state index contributed by atoms with van der Waals surface area (Å²) >= 11 is 0. The number of sulfonamides is 1. The van der Waals surface area contributed by atoms with E-state index in [1.807, 2.05) is 12.2 Å². The SMILES string of the molecule is COc1cc(NS(=O)(=O)C2C=CC=C3C=CC=NC32)ccc1C(=O)N1CCN(C(=O)c2ccccc2F)CC1. The summed E-state index contributed by atoms with van der Waals surface area (Å²) in [6, 6.07) is 9.76. The van der Waals surface area contributed by atoms with Crippen LogP contribution in [0, 0.1) is 5.82 Å². The molecule has 0 saturated carbocycles. The van der Waals surface area contributed by atoms with E-state index < -0.39 is 33.0 Å². The zero-order chi connectivity index (χ0) is 27.6. The monoisotopic (exact) mass is 550 g/mol. The van der Waals surface area contributed by atoms with E-state index in [0.717, 1.165) is 5.57 Å². The fourth-order valence-electron chi connectivity index (χ4n) is 4.82. The van der Waals surface area contributed by atoms with Crippen LogP contribution >= 0.6 is 0 Å². The van der Waals surface area contributed by atoms with Crippen molar-refractivity contribution < 1.29 is 27.1 Å². The van der Waals surface area contributed by atoms with E-state index in [9.17, 15) is 22.4 Å². The number of fused-ring (bicyclic) bond motifs is 1. The van der Waals surface area contributed by atoms with E-state index in [0.29, 0.717) is 0 Å². The molecule has 0 spiro atoms. The zero-order valence-electron chi connectivity index (χ0n) is 21.2. The number of halogens is 1. The predicted octanol–water partition coefficient (Wildman–Crippen LogP) is 3.05. The summed E-state index contributed by atoms with van der Waals surface area (Å²) in [5, 5.41) is -0.894. The Hall–Kier alpha value is -4.25. The Morgan fingerprint density at radius 3 is 2.38 bits per heavy atom. The van der Waals surface area contributed by atoms with Gasteiger partial charge in [-0.2, -0.15) is 0 Å². The molecule has 2 unspecified atom stereocenters. The van der Waals surface area contributed by atoms with Gasteiger partial charge < -0.3 is 14.5 Å². The molecule has 2 aromatic rings. The number of amides is 2. The van der Waals surface area contributed by atoms with Gasteiger partial charge in [0.25, 0.3) is 11.8 Å². The van der Waals surface area contributed by atoms with Gasteiger partial charge in [0, 0.05) is 38.5 Å². The van der Waals surface area contributed by atoms with Gasteiger partial charge in [-0.05, 0) is 35.9 Å². The van der Waals surface area contributed by atoms with Crippen LogP contribution in [0.5, 0.6) is 5.75 Å². The third kappa shape index (κ3) is 5.35. The van der Waals surface area contributed by atoms with Crippen molar-refractivity contribution in [3.63, 3.8) is 0 Å². The van der Waals surface area contributed by atoms with E-state index >= 15 is 0 Å². The molecule has 0 radical (unpaired) electrons. The number of piperazine rings is 1. The highest BCUT2D eigenvalue weighted by atomic mass is 32.2. The number of aliphatic imine (C=N–C) groups is 1. The van der Waals surface area contributed by atoms with Crippen LogP contribution in [0.4, 0.5) is 10.1 Å². The molecular weight excluding hydrogens is 523 g/mol. The number of hydrogen-bond donors (Lipinski definition) is 1. The lowest BCUT2D eigenvalue weighted by Crippen LogP contribution is -2.50. The number of nitrogens with zero attached hydrogens (tertiary/aromatic N) is 3. The average Bonchev–Trinajstić information content (AvgIpc) is 2.96. The normalized spacial score (nSPS) is 20.3. The van der Waals surface area contributed by atoms with Crippen molar-refractivity contribution in [2.45, 2.75) is 11.3 Å². The Bertz CT molecular complexity index is 1520. The number of allylic oxidation sites excluding steroid dienone is 3. The van der Waals surface area contributed by atoms with Crippen LogP contribution in [0.1, 0.15) is 20.7 Å². The molecule has 3 aliphatic rings. The minimum Gasteiger partial charge on any atom is -0.496 e. The first-order chi connectivity index (χ1) is 18.8. The van der Waals surface area contributed by atoms with E-state index in [4.69, 9.17) is 4.74 Å². The molecule has 2 aromatic carbocycles. The fraction of sp³-hybridized carbons (Fsp3) is 0.250. The van der Waals surface area contributed by atoms with Crippen LogP contribution < -0.4 is 9.46 Å². The van der Waals surface area contributed by atoms with E-state index in [2.05, 4.69) is 9.71 Å². The van der Waals surface area contributed by atoms with Crippen LogP contribution in [-0.4, -0.2) is 80.8 Å². The minimum absolute atomic E-state index is 0.000273. The van der Waals surface area contributed by atoms with Gasteiger partial charge in [-0.1, -0.05) is 36.4 Å². The van der Waals surface area contributed by atoms with E-state index in [1.54, 1.807) is 35.4 Å². The second-order valence-corrected chi connectivity index (χ2v) is 11.1. The number of nitrogens with one attached hydrogen (secondary N) is 1. The molecule has 2 amide bonds. The van der Waals surface area contributed by atoms with E-state index in [-0.39, 0.29) is 54.7 Å². The summed E-state index contributed by atoms with van der Waals surface area (Å²) in [5.74, 6) is -1.10. The zero-order valence-corrected chi connectivity index (χ0v) is 22.0. The second-order valence-electron chi connectivity index (χ2n) is 9.24. The lowest BCUT2D eigenvalue weighted by atomic mass is 9.97. The summed E-state index contributed by atoms with van der Waals surface area (Å²) in [6.45, 7) is 1.03. The average molecular weight is 551 g/mol. The first kappa shape index (κ1) is 26.4. The summed E-state index contributed by atoms with van der Waals surface area (Å²) in [7, 11) is -2.46. The molecule has 0 aromatic heterocycles. The molecule has 202 valence electrons. The Morgan fingerprint density at radius 2 is 1.69 bits per heavy atom. The third-order valence-electron chi connectivity index (χ3n) is 6.87. The number of methoxy groups -OCH3 is 1. The van der Waals surface area contributed by atoms with Crippen molar-refractivity contribution in [3.05, 3.63) is 95.4 Å². The van der Waals surface area contributed by atoms with Gasteiger partial charge in [-0.15, -0.1) is 0 Å². The summed E-state index contributed by atoms with van der Waals surface area (Å²) < 4.78 is 48.5. The van der Waals surface area contributed by atoms with Gasteiger partial charge >= 0.3 is 0 Å². The molecule has 2 atom stereocenters. The van der Waals surface area contributed by atoms with Crippen LogP contribution in [-0.2, 0) is 10.0 Å². The molecule has 0 bridgehead atoms. The predicted molar refractivity (Wildman–Crippen MR) is 146 cm³/mol.